The number of para-hydroxylation sites is 4. The number of amides is 3. The van der Waals surface area contributed by atoms with Gasteiger partial charge >= 0.3 is 33.7 Å². The Balaban J connectivity index is 0.000000168. The minimum Gasteiger partial charge on any atom is -0.362 e. The second kappa shape index (κ2) is 29.0. The van der Waals surface area contributed by atoms with Crippen LogP contribution in [0.2, 0.25) is 0 Å². The average Bonchev–Trinajstić information content (AvgIpc) is 1.38. The van der Waals surface area contributed by atoms with Crippen LogP contribution in [0.4, 0.5) is 34.1 Å². The number of aromatic amines is 1. The maximum atomic E-state index is 13.2. The van der Waals surface area contributed by atoms with Crippen molar-refractivity contribution in [2.24, 2.45) is 21.1 Å². The van der Waals surface area contributed by atoms with Gasteiger partial charge in [-0.2, -0.15) is 0 Å². The Morgan fingerprint density at radius 2 is 0.794 bits per heavy atom. The van der Waals surface area contributed by atoms with Crippen molar-refractivity contribution in [3.63, 3.8) is 0 Å². The van der Waals surface area contributed by atoms with Crippen LogP contribution in [0.5, 0.6) is 0 Å². The van der Waals surface area contributed by atoms with Crippen molar-refractivity contribution in [3.05, 3.63) is 243 Å². The molecular weight excluding hydrogens is 1240 g/mol. The lowest BCUT2D eigenvalue weighted by Crippen LogP contribution is -2.49. The molecule has 0 aliphatic carbocycles. The van der Waals surface area contributed by atoms with E-state index >= 15 is 0 Å². The molecule has 97 heavy (non-hydrogen) atoms. The third-order valence-corrected chi connectivity index (χ3v) is 17.5. The van der Waals surface area contributed by atoms with Crippen LogP contribution in [-0.2, 0) is 21.1 Å². The van der Waals surface area contributed by atoms with Gasteiger partial charge in [0, 0.05) is 151 Å². The first-order valence-corrected chi connectivity index (χ1v) is 30.1. The molecule has 9 heterocycles. The number of fused-ring (bicyclic) bond motifs is 5. The van der Waals surface area contributed by atoms with Crippen LogP contribution in [0.15, 0.2) is 179 Å². The summed E-state index contributed by atoms with van der Waals surface area (Å²) in [6, 6.07) is 43.9. The van der Waals surface area contributed by atoms with Crippen LogP contribution in [0.25, 0.3) is 54.4 Å². The summed E-state index contributed by atoms with van der Waals surface area (Å²) in [5.74, 6) is -0.403. The first kappa shape index (κ1) is 69.2. The molecule has 3 aliphatic heterocycles. The molecule has 1 N–H and O–H groups in total. The number of aromatic nitrogens is 6. The first-order chi connectivity index (χ1) is 45.4. The van der Waals surface area contributed by atoms with Gasteiger partial charge in [-0.1, -0.05) is 119 Å². The number of rotatable bonds is 9. The molecule has 0 atom stereocenters. The van der Waals surface area contributed by atoms with Gasteiger partial charge in [0.05, 0.1) is 36.9 Å². The molecule has 6 aromatic heterocycles. The number of nitro groups is 3. The SMILES string of the molecule is C.C.C.Cn1c(=O)c([N+](=O)[O-])c(N2CCN(C(=O)c3cc4ccccc4[nH]3)CC2)c2ccccc21.Cn1c(=O)c([N+](=O)[O-])c(N2CCN(C(=O)c3cccnc3)CC2)c2ccccc21.Cn1c(=O)c([N+](=O)[O-])c(N2CCN(C(=O)c3nccc4ccccc34)CC2)c2ccccc21. The molecule has 14 rings (SSSR count). The Kier molecular flexibility index (Phi) is 20.7. The van der Waals surface area contributed by atoms with Crippen molar-refractivity contribution in [2.45, 2.75) is 22.3 Å². The molecular formula is C70H73N15O12. The predicted octanol–water partition coefficient (Wildman–Crippen LogP) is 9.56. The fraction of sp³-hybridized carbons (Fsp3) is 0.257. The second-order valence-corrected chi connectivity index (χ2v) is 22.7. The van der Waals surface area contributed by atoms with Gasteiger partial charge in [0.2, 0.25) is 0 Å². The Morgan fingerprint density at radius 3 is 1.20 bits per heavy atom. The van der Waals surface area contributed by atoms with Crippen molar-refractivity contribution in [1.82, 2.24) is 43.4 Å². The minimum absolute atomic E-state index is 0. The van der Waals surface area contributed by atoms with E-state index < -0.39 is 48.5 Å². The zero-order valence-corrected chi connectivity index (χ0v) is 51.2. The quantitative estimate of drug-likeness (QED) is 0.104. The first-order valence-electron chi connectivity index (χ1n) is 30.1. The fourth-order valence-electron chi connectivity index (χ4n) is 12.7. The second-order valence-electron chi connectivity index (χ2n) is 22.7. The van der Waals surface area contributed by atoms with E-state index in [0.717, 1.165) is 21.7 Å². The van der Waals surface area contributed by atoms with Crippen LogP contribution in [0.1, 0.15) is 53.6 Å². The number of pyridine rings is 5. The summed E-state index contributed by atoms with van der Waals surface area (Å²) in [6.45, 7) is 4.63. The van der Waals surface area contributed by atoms with Crippen LogP contribution < -0.4 is 31.4 Å². The summed E-state index contributed by atoms with van der Waals surface area (Å²) >= 11 is 0. The maximum Gasteiger partial charge on any atom is 0.357 e. The molecule has 3 aliphatic rings. The summed E-state index contributed by atoms with van der Waals surface area (Å²) in [4.78, 5) is 133. The third kappa shape index (κ3) is 13.1. The molecule has 0 radical (unpaired) electrons. The lowest BCUT2D eigenvalue weighted by molar-refractivity contribution is -0.385. The highest BCUT2D eigenvalue weighted by Gasteiger charge is 2.36. The van der Waals surface area contributed by atoms with Gasteiger partial charge < -0.3 is 48.1 Å². The van der Waals surface area contributed by atoms with Gasteiger partial charge in [-0.15, -0.1) is 0 Å². The molecule has 27 nitrogen and oxygen atoms in total. The van der Waals surface area contributed by atoms with E-state index in [1.54, 1.807) is 119 Å². The Bertz CT molecular complexity index is 5010. The Labute approximate surface area is 555 Å². The number of nitrogens with one attached hydrogen (secondary N) is 1. The van der Waals surface area contributed by atoms with E-state index in [1.807, 2.05) is 75.4 Å². The number of carbonyl (C=O) groups excluding carboxylic acids is 3. The highest BCUT2D eigenvalue weighted by atomic mass is 16.6. The van der Waals surface area contributed by atoms with E-state index in [-0.39, 0.29) is 40.0 Å². The topological polar surface area (TPSA) is 308 Å². The molecule has 3 saturated heterocycles. The lowest BCUT2D eigenvalue weighted by Gasteiger charge is -2.36. The summed E-state index contributed by atoms with van der Waals surface area (Å²) in [5, 5.41) is 40.0. The Morgan fingerprint density at radius 1 is 0.423 bits per heavy atom. The van der Waals surface area contributed by atoms with Gasteiger partial charge in [-0.25, -0.2) is 0 Å². The third-order valence-electron chi connectivity index (χ3n) is 17.5. The molecule has 27 heteroatoms. The van der Waals surface area contributed by atoms with E-state index in [4.69, 9.17) is 0 Å². The van der Waals surface area contributed by atoms with E-state index in [2.05, 4.69) is 15.0 Å². The molecule has 3 fully saturated rings. The number of hydrogen-bond donors (Lipinski definition) is 1. The molecule has 3 amide bonds. The lowest BCUT2D eigenvalue weighted by atomic mass is 10.1. The van der Waals surface area contributed by atoms with Crippen LogP contribution in [0, 0.1) is 30.3 Å². The fourth-order valence-corrected chi connectivity index (χ4v) is 12.7. The monoisotopic (exact) mass is 1320 g/mol. The molecule has 0 spiro atoms. The van der Waals surface area contributed by atoms with Crippen LogP contribution in [-0.4, -0.2) is 154 Å². The highest BCUT2D eigenvalue weighted by Crippen LogP contribution is 2.37. The smallest absolute Gasteiger partial charge is 0.357 e. The molecule has 500 valence electrons. The van der Waals surface area contributed by atoms with Gasteiger partial charge in [0.25, 0.3) is 17.7 Å². The number of nitrogens with zero attached hydrogens (tertiary/aromatic N) is 14. The summed E-state index contributed by atoms with van der Waals surface area (Å²) in [5.41, 5.74) is 1.95. The zero-order valence-electron chi connectivity index (χ0n) is 51.2. The zero-order chi connectivity index (χ0) is 66.1. The largest absolute Gasteiger partial charge is 0.362 e. The predicted molar refractivity (Wildman–Crippen MR) is 376 cm³/mol. The standard InChI is InChI=1S/C24H21N5O4.C23H21N5O4.C20H19N5O4.3CH4/c1-26-19-9-5-4-8-18(19)21(22(24(26)31)29(32)33)27-12-14-28(15-13-27)23(30)20-17-7-3-2-6-16(17)10-11-25-20;1-25-19-9-5-3-7-16(19)20(21(23(25)30)28(31)32)26-10-12-27(13-11-26)22(29)18-14-15-6-2-4-8-17(15)24-18;1-22-16-7-3-2-6-15(16)17(18(20(22)27)25(28)29)23-9-11-24(12-10-23)19(26)14-5-4-8-21-13-14;;;/h2-11H,12-15H2,1H3;2-9,14,24H,10-13H2,1H3;2-8,13H,9-12H2,1H3;3*1H4. The van der Waals surface area contributed by atoms with Crippen molar-refractivity contribution < 1.29 is 29.2 Å². The summed E-state index contributed by atoms with van der Waals surface area (Å²) in [6.07, 6.45) is 4.75. The molecule has 0 bridgehead atoms. The van der Waals surface area contributed by atoms with Crippen molar-refractivity contribution in [3.8, 4) is 0 Å². The van der Waals surface area contributed by atoms with Crippen LogP contribution in [0.3, 0.4) is 0 Å². The summed E-state index contributed by atoms with van der Waals surface area (Å²) in [7, 11) is 4.61. The van der Waals surface area contributed by atoms with Gasteiger partial charge in [-0.3, -0.25) is 69.1 Å². The minimum atomic E-state index is -0.646. The van der Waals surface area contributed by atoms with Gasteiger partial charge in [0.15, 0.2) is 0 Å². The number of anilines is 3. The average molecular weight is 1320 g/mol. The summed E-state index contributed by atoms with van der Waals surface area (Å²) < 4.78 is 3.93. The van der Waals surface area contributed by atoms with Gasteiger partial charge in [-0.05, 0) is 53.9 Å². The van der Waals surface area contributed by atoms with E-state index in [0.29, 0.717) is 145 Å². The highest BCUT2D eigenvalue weighted by molar-refractivity contribution is 6.06. The molecule has 11 aromatic rings. The number of aryl methyl sites for hydroxylation is 3. The van der Waals surface area contributed by atoms with Crippen molar-refractivity contribution in [2.75, 3.05) is 93.2 Å². The number of hydrogen-bond acceptors (Lipinski definition) is 17. The Hall–Kier alpha value is -12.2. The van der Waals surface area contributed by atoms with E-state index in [9.17, 15) is 59.1 Å². The van der Waals surface area contributed by atoms with E-state index in [1.165, 1.54) is 34.0 Å². The number of H-pyrrole nitrogens is 1. The van der Waals surface area contributed by atoms with Crippen LogP contribution >= 0.6 is 0 Å². The molecule has 0 saturated carbocycles. The van der Waals surface area contributed by atoms with Crippen molar-refractivity contribution in [1.29, 1.82) is 0 Å². The van der Waals surface area contributed by atoms with Gasteiger partial charge in [0.1, 0.15) is 28.5 Å². The molecule has 0 unspecified atom stereocenters. The number of piperazine rings is 3. The molecule has 5 aromatic carbocycles. The van der Waals surface area contributed by atoms with Crippen molar-refractivity contribution >= 4 is 106 Å². The normalized spacial score (nSPS) is 13.8. The number of benzene rings is 5. The maximum absolute atomic E-state index is 13.2. The number of carbonyl (C=O) groups is 3.